The second-order valence-corrected chi connectivity index (χ2v) is 7.65. The Labute approximate surface area is 167 Å². The number of ether oxygens (including phenoxy) is 2. The van der Waals surface area contributed by atoms with E-state index in [-0.39, 0.29) is 12.0 Å². The number of carbonyl (C=O) groups is 1. The van der Waals surface area contributed by atoms with Gasteiger partial charge in [-0.05, 0) is 51.0 Å². The van der Waals surface area contributed by atoms with Crippen LogP contribution in [0.1, 0.15) is 37.2 Å². The zero-order valence-electron chi connectivity index (χ0n) is 16.1. The first-order valence-corrected chi connectivity index (χ1v) is 10.5. The van der Waals surface area contributed by atoms with Gasteiger partial charge in [0.1, 0.15) is 11.4 Å². The molecule has 0 spiro atoms. The molecule has 1 aliphatic heterocycles. The van der Waals surface area contributed by atoms with Crippen LogP contribution in [0.5, 0.6) is 5.75 Å². The summed E-state index contributed by atoms with van der Waals surface area (Å²) in [5, 5.41) is 4.92. The van der Waals surface area contributed by atoms with Crippen LogP contribution in [0, 0.1) is 0 Å². The van der Waals surface area contributed by atoms with E-state index in [1.54, 1.807) is 21.8 Å². The van der Waals surface area contributed by atoms with Crippen LogP contribution >= 0.6 is 11.3 Å². The first-order valence-electron chi connectivity index (χ1n) is 9.68. The summed E-state index contributed by atoms with van der Waals surface area (Å²) in [6, 6.07) is 7.58. The van der Waals surface area contributed by atoms with Gasteiger partial charge in [0.05, 0.1) is 29.5 Å². The lowest BCUT2D eigenvalue weighted by atomic mass is 10.2. The van der Waals surface area contributed by atoms with Crippen LogP contribution in [0.15, 0.2) is 30.5 Å². The highest BCUT2D eigenvalue weighted by molar-refractivity contribution is 7.22. The minimum Gasteiger partial charge on any atom is -0.494 e. The van der Waals surface area contributed by atoms with Crippen molar-refractivity contribution in [3.8, 4) is 5.75 Å². The standard InChI is InChI=1S/C20H24N4O3S/c1-3-24-17(9-10-21-24)19(25)23(13-15-6-5-11-27-15)20-22-16-8-7-14(26-4-2)12-18(16)28-20/h7-10,12,15H,3-6,11,13H2,1-2H3. The number of thiazole rings is 1. The lowest BCUT2D eigenvalue weighted by Gasteiger charge is -2.23. The van der Waals surface area contributed by atoms with E-state index in [9.17, 15) is 4.79 Å². The largest absolute Gasteiger partial charge is 0.494 e. The second kappa shape index (κ2) is 8.28. The van der Waals surface area contributed by atoms with Crippen molar-refractivity contribution in [2.75, 3.05) is 24.7 Å². The van der Waals surface area contributed by atoms with E-state index in [2.05, 4.69) is 5.10 Å². The topological polar surface area (TPSA) is 69.5 Å². The second-order valence-electron chi connectivity index (χ2n) is 6.64. The summed E-state index contributed by atoms with van der Waals surface area (Å²) in [5.74, 6) is 0.713. The molecule has 0 N–H and O–H groups in total. The van der Waals surface area contributed by atoms with Crippen LogP contribution in [0.2, 0.25) is 0 Å². The first kappa shape index (κ1) is 18.9. The summed E-state index contributed by atoms with van der Waals surface area (Å²) in [6.07, 6.45) is 3.68. The summed E-state index contributed by atoms with van der Waals surface area (Å²) >= 11 is 1.50. The molecule has 28 heavy (non-hydrogen) atoms. The van der Waals surface area contributed by atoms with Crippen molar-refractivity contribution in [2.45, 2.75) is 39.3 Å². The van der Waals surface area contributed by atoms with Gasteiger partial charge in [0.15, 0.2) is 5.13 Å². The van der Waals surface area contributed by atoms with E-state index in [4.69, 9.17) is 14.5 Å². The maximum absolute atomic E-state index is 13.4. The number of aryl methyl sites for hydroxylation is 1. The number of hydrogen-bond acceptors (Lipinski definition) is 6. The third-order valence-electron chi connectivity index (χ3n) is 4.78. The molecule has 1 fully saturated rings. The molecule has 1 aromatic carbocycles. The fourth-order valence-electron chi connectivity index (χ4n) is 3.41. The smallest absolute Gasteiger partial charge is 0.278 e. The summed E-state index contributed by atoms with van der Waals surface area (Å²) < 4.78 is 14.1. The first-order chi connectivity index (χ1) is 13.7. The highest BCUT2D eigenvalue weighted by Crippen LogP contribution is 2.33. The molecule has 1 unspecified atom stereocenters. The maximum Gasteiger partial charge on any atom is 0.278 e. The van der Waals surface area contributed by atoms with Crippen molar-refractivity contribution in [1.29, 1.82) is 0 Å². The Morgan fingerprint density at radius 1 is 1.39 bits per heavy atom. The predicted molar refractivity (Wildman–Crippen MR) is 109 cm³/mol. The number of hydrogen-bond donors (Lipinski definition) is 0. The van der Waals surface area contributed by atoms with Crippen molar-refractivity contribution in [3.63, 3.8) is 0 Å². The van der Waals surface area contributed by atoms with Gasteiger partial charge in [-0.2, -0.15) is 5.10 Å². The van der Waals surface area contributed by atoms with Gasteiger partial charge >= 0.3 is 0 Å². The third kappa shape index (κ3) is 3.74. The van der Waals surface area contributed by atoms with E-state index in [0.29, 0.717) is 30.5 Å². The average molecular weight is 401 g/mol. The van der Waals surface area contributed by atoms with E-state index in [0.717, 1.165) is 35.4 Å². The van der Waals surface area contributed by atoms with Gasteiger partial charge in [-0.3, -0.25) is 14.4 Å². The van der Waals surface area contributed by atoms with Gasteiger partial charge < -0.3 is 9.47 Å². The molecule has 0 bridgehead atoms. The molecule has 0 saturated carbocycles. The molecule has 1 atom stereocenters. The van der Waals surface area contributed by atoms with Crippen molar-refractivity contribution in [2.24, 2.45) is 0 Å². The highest BCUT2D eigenvalue weighted by Gasteiger charge is 2.28. The van der Waals surface area contributed by atoms with E-state index >= 15 is 0 Å². The van der Waals surface area contributed by atoms with Gasteiger partial charge in [-0.15, -0.1) is 0 Å². The molecular formula is C20H24N4O3S. The number of benzene rings is 1. The number of nitrogens with zero attached hydrogens (tertiary/aromatic N) is 4. The maximum atomic E-state index is 13.4. The average Bonchev–Trinajstić information content (AvgIpc) is 3.45. The van der Waals surface area contributed by atoms with Crippen molar-refractivity contribution in [3.05, 3.63) is 36.2 Å². The zero-order valence-corrected chi connectivity index (χ0v) is 16.9. The molecule has 2 aromatic heterocycles. The number of carbonyl (C=O) groups excluding carboxylic acids is 1. The summed E-state index contributed by atoms with van der Waals surface area (Å²) in [6.45, 7) is 6.42. The molecule has 7 nitrogen and oxygen atoms in total. The van der Waals surface area contributed by atoms with Crippen molar-refractivity contribution >= 4 is 32.6 Å². The molecule has 1 aliphatic rings. The Morgan fingerprint density at radius 2 is 2.29 bits per heavy atom. The van der Waals surface area contributed by atoms with E-state index in [1.165, 1.54) is 11.3 Å². The van der Waals surface area contributed by atoms with Crippen molar-refractivity contribution < 1.29 is 14.3 Å². The molecule has 3 aromatic rings. The van der Waals surface area contributed by atoms with Gasteiger partial charge in [0.25, 0.3) is 5.91 Å². The molecule has 0 aliphatic carbocycles. The number of aromatic nitrogens is 3. The molecule has 1 saturated heterocycles. The van der Waals surface area contributed by atoms with Crippen LogP contribution in [-0.2, 0) is 11.3 Å². The summed E-state index contributed by atoms with van der Waals surface area (Å²) in [5.41, 5.74) is 1.42. The van der Waals surface area contributed by atoms with Gasteiger partial charge in [0.2, 0.25) is 0 Å². The predicted octanol–water partition coefficient (Wildman–Crippen LogP) is 3.74. The number of amides is 1. The zero-order chi connectivity index (χ0) is 19.5. The fraction of sp³-hybridized carbons (Fsp3) is 0.450. The molecule has 4 rings (SSSR count). The summed E-state index contributed by atoms with van der Waals surface area (Å²) in [7, 11) is 0. The molecule has 3 heterocycles. The van der Waals surface area contributed by atoms with Gasteiger partial charge in [0, 0.05) is 19.3 Å². The summed E-state index contributed by atoms with van der Waals surface area (Å²) in [4.78, 5) is 19.8. The Morgan fingerprint density at radius 3 is 3.04 bits per heavy atom. The SMILES string of the molecule is CCOc1ccc2nc(N(CC3CCCO3)C(=O)c3ccnn3CC)sc2c1. The number of rotatable bonds is 7. The molecule has 0 radical (unpaired) electrons. The third-order valence-corrected chi connectivity index (χ3v) is 5.82. The lowest BCUT2D eigenvalue weighted by molar-refractivity contribution is 0.0908. The van der Waals surface area contributed by atoms with Gasteiger partial charge in [-0.1, -0.05) is 11.3 Å². The minimum absolute atomic E-state index is 0.0351. The minimum atomic E-state index is -0.0982. The Kier molecular flexibility index (Phi) is 5.59. The van der Waals surface area contributed by atoms with Crippen LogP contribution in [-0.4, -0.2) is 46.5 Å². The highest BCUT2D eigenvalue weighted by atomic mass is 32.1. The quantitative estimate of drug-likeness (QED) is 0.604. The number of fused-ring (bicyclic) bond motifs is 1. The van der Waals surface area contributed by atoms with Crippen LogP contribution in [0.4, 0.5) is 5.13 Å². The number of anilines is 1. The molecular weight excluding hydrogens is 376 g/mol. The molecule has 1 amide bonds. The van der Waals surface area contributed by atoms with Gasteiger partial charge in [-0.25, -0.2) is 4.98 Å². The van der Waals surface area contributed by atoms with Crippen LogP contribution < -0.4 is 9.64 Å². The Balaban J connectivity index is 1.70. The van der Waals surface area contributed by atoms with Crippen molar-refractivity contribution in [1.82, 2.24) is 14.8 Å². The molecule has 8 heteroatoms. The Hall–Kier alpha value is -2.45. The van der Waals surface area contributed by atoms with Crippen LogP contribution in [0.3, 0.4) is 0 Å². The van der Waals surface area contributed by atoms with E-state index in [1.807, 2.05) is 32.0 Å². The fourth-order valence-corrected chi connectivity index (χ4v) is 4.41. The van der Waals surface area contributed by atoms with E-state index < -0.39 is 0 Å². The molecule has 148 valence electrons. The van der Waals surface area contributed by atoms with Crippen LogP contribution in [0.25, 0.3) is 10.2 Å². The monoisotopic (exact) mass is 400 g/mol. The lowest BCUT2D eigenvalue weighted by Crippen LogP contribution is -2.38. The Bertz CT molecular complexity index is 961. The normalized spacial score (nSPS) is 16.6.